The van der Waals surface area contributed by atoms with Gasteiger partial charge in [0.1, 0.15) is 6.54 Å². The fraction of sp³-hybridized carbons (Fsp3) is 0.526. The van der Waals surface area contributed by atoms with Crippen LogP contribution in [0.25, 0.3) is 0 Å². The second kappa shape index (κ2) is 8.75. The Balaban J connectivity index is 1.38. The quantitative estimate of drug-likeness (QED) is 0.727. The molecule has 0 aromatic heterocycles. The highest BCUT2D eigenvalue weighted by molar-refractivity contribution is 5.96. The highest BCUT2D eigenvalue weighted by Crippen LogP contribution is 2.32. The molecule has 1 aromatic rings. The van der Waals surface area contributed by atoms with E-state index in [4.69, 9.17) is 14.2 Å². The Morgan fingerprint density at radius 2 is 1.93 bits per heavy atom. The number of hydrogen-bond acceptors (Lipinski definition) is 6. The van der Waals surface area contributed by atoms with Gasteiger partial charge in [0.2, 0.25) is 6.79 Å². The molecule has 2 N–H and O–H groups in total. The number of esters is 1. The molecule has 2 atom stereocenters. The largest absolute Gasteiger partial charge is 0.454 e. The van der Waals surface area contributed by atoms with Gasteiger partial charge in [-0.05, 0) is 37.0 Å². The fourth-order valence-corrected chi connectivity index (χ4v) is 3.27. The molecule has 1 saturated carbocycles. The normalized spacial score (nSPS) is 20.6. The number of hydrogen-bond donors (Lipinski definition) is 2. The zero-order valence-electron chi connectivity index (χ0n) is 15.3. The molecule has 0 spiro atoms. The first-order valence-electron chi connectivity index (χ1n) is 9.16. The topological polar surface area (TPSA) is 103 Å². The average molecular weight is 376 g/mol. The summed E-state index contributed by atoms with van der Waals surface area (Å²) in [6.07, 6.45) is 4.33. The minimum atomic E-state index is -0.670. The van der Waals surface area contributed by atoms with Gasteiger partial charge in [-0.15, -0.1) is 0 Å². The van der Waals surface area contributed by atoms with E-state index < -0.39 is 11.9 Å². The maximum absolute atomic E-state index is 12.1. The second-order valence-electron chi connectivity index (χ2n) is 6.85. The average Bonchev–Trinajstić information content (AvgIpc) is 3.14. The van der Waals surface area contributed by atoms with Crippen LogP contribution in [-0.2, 0) is 14.3 Å². The molecule has 8 nitrogen and oxygen atoms in total. The summed E-state index contributed by atoms with van der Waals surface area (Å²) in [5, 5.41) is 5.37. The molecule has 1 heterocycles. The molecule has 0 unspecified atom stereocenters. The first kappa shape index (κ1) is 19.0. The monoisotopic (exact) mass is 376 g/mol. The molecular weight excluding hydrogens is 352 g/mol. The van der Waals surface area contributed by atoms with E-state index in [0.29, 0.717) is 23.0 Å². The van der Waals surface area contributed by atoms with Gasteiger partial charge in [0.25, 0.3) is 11.8 Å². The van der Waals surface area contributed by atoms with Gasteiger partial charge in [-0.2, -0.15) is 0 Å². The van der Waals surface area contributed by atoms with Crippen molar-refractivity contribution in [2.24, 2.45) is 5.92 Å². The number of amides is 2. The van der Waals surface area contributed by atoms with Crippen molar-refractivity contribution in [1.29, 1.82) is 0 Å². The standard InChI is InChI=1S/C19H24N2O6/c1-12-4-2-3-5-14(12)21-17(22)10-25-18(23)9-20-19(24)13-6-7-15-16(8-13)27-11-26-15/h6-8,12,14H,2-5,9-11H2,1H3,(H,20,24)(H,21,22)/t12-,14-/m1/s1. The summed E-state index contributed by atoms with van der Waals surface area (Å²) in [4.78, 5) is 35.8. The molecule has 8 heteroatoms. The Hall–Kier alpha value is -2.77. The van der Waals surface area contributed by atoms with Gasteiger partial charge in [-0.1, -0.05) is 19.8 Å². The third kappa shape index (κ3) is 5.12. The Morgan fingerprint density at radius 3 is 2.74 bits per heavy atom. The lowest BCUT2D eigenvalue weighted by atomic mass is 9.86. The summed E-state index contributed by atoms with van der Waals surface area (Å²) < 4.78 is 15.3. The second-order valence-corrected chi connectivity index (χ2v) is 6.85. The molecular formula is C19H24N2O6. The summed E-state index contributed by atoms with van der Waals surface area (Å²) >= 11 is 0. The summed E-state index contributed by atoms with van der Waals surface area (Å²) in [5.41, 5.74) is 0.344. The van der Waals surface area contributed by atoms with E-state index in [2.05, 4.69) is 17.6 Å². The smallest absolute Gasteiger partial charge is 0.325 e. The zero-order valence-corrected chi connectivity index (χ0v) is 15.3. The molecule has 1 aliphatic carbocycles. The van der Waals surface area contributed by atoms with Gasteiger partial charge in [-0.25, -0.2) is 0 Å². The minimum absolute atomic E-state index is 0.119. The van der Waals surface area contributed by atoms with Crippen molar-refractivity contribution >= 4 is 17.8 Å². The predicted octanol–water partition coefficient (Wildman–Crippen LogP) is 1.38. The van der Waals surface area contributed by atoms with Crippen LogP contribution in [-0.4, -0.2) is 43.8 Å². The maximum Gasteiger partial charge on any atom is 0.325 e. The molecule has 1 fully saturated rings. The van der Waals surface area contributed by atoms with E-state index in [-0.39, 0.29) is 31.9 Å². The highest BCUT2D eigenvalue weighted by Gasteiger charge is 2.23. The summed E-state index contributed by atoms with van der Waals surface area (Å²) in [5.74, 6) is 0.0633. The molecule has 0 radical (unpaired) electrons. The Labute approximate surface area is 157 Å². The van der Waals surface area contributed by atoms with E-state index in [9.17, 15) is 14.4 Å². The molecule has 3 rings (SSSR count). The summed E-state index contributed by atoms with van der Waals surface area (Å²) in [7, 11) is 0. The molecule has 1 aromatic carbocycles. The van der Waals surface area contributed by atoms with Crippen LogP contribution in [0.1, 0.15) is 43.0 Å². The number of carbonyl (C=O) groups is 3. The van der Waals surface area contributed by atoms with Crippen LogP contribution in [0.2, 0.25) is 0 Å². The van der Waals surface area contributed by atoms with Crippen molar-refractivity contribution in [1.82, 2.24) is 10.6 Å². The van der Waals surface area contributed by atoms with Crippen LogP contribution in [0, 0.1) is 5.92 Å². The van der Waals surface area contributed by atoms with Crippen LogP contribution in [0.4, 0.5) is 0 Å². The van der Waals surface area contributed by atoms with E-state index in [1.165, 1.54) is 6.42 Å². The first-order chi connectivity index (χ1) is 13.0. The number of rotatable bonds is 6. The molecule has 146 valence electrons. The fourth-order valence-electron chi connectivity index (χ4n) is 3.27. The van der Waals surface area contributed by atoms with E-state index in [0.717, 1.165) is 19.3 Å². The van der Waals surface area contributed by atoms with Crippen LogP contribution in [0.5, 0.6) is 11.5 Å². The van der Waals surface area contributed by atoms with Gasteiger partial charge >= 0.3 is 5.97 Å². The lowest BCUT2D eigenvalue weighted by Gasteiger charge is -2.29. The SMILES string of the molecule is C[C@@H]1CCCC[C@H]1NC(=O)COC(=O)CNC(=O)c1ccc2c(c1)OCO2. The van der Waals surface area contributed by atoms with Crippen molar-refractivity contribution in [2.45, 2.75) is 38.6 Å². The number of benzene rings is 1. The van der Waals surface area contributed by atoms with Gasteiger partial charge in [0.15, 0.2) is 18.1 Å². The van der Waals surface area contributed by atoms with Gasteiger partial charge in [-0.3, -0.25) is 14.4 Å². The van der Waals surface area contributed by atoms with Crippen molar-refractivity contribution in [3.8, 4) is 11.5 Å². The number of fused-ring (bicyclic) bond motifs is 1. The Morgan fingerprint density at radius 1 is 1.15 bits per heavy atom. The molecule has 2 amide bonds. The lowest BCUT2D eigenvalue weighted by molar-refractivity contribution is -0.147. The lowest BCUT2D eigenvalue weighted by Crippen LogP contribution is -2.43. The third-order valence-corrected chi connectivity index (χ3v) is 4.85. The van der Waals surface area contributed by atoms with E-state index >= 15 is 0 Å². The maximum atomic E-state index is 12.1. The van der Waals surface area contributed by atoms with Crippen LogP contribution in [0.15, 0.2) is 18.2 Å². The highest BCUT2D eigenvalue weighted by atomic mass is 16.7. The minimum Gasteiger partial charge on any atom is -0.454 e. The Bertz CT molecular complexity index is 720. The molecule has 0 saturated heterocycles. The number of ether oxygens (including phenoxy) is 3. The van der Waals surface area contributed by atoms with Crippen molar-refractivity contribution < 1.29 is 28.6 Å². The first-order valence-corrected chi connectivity index (χ1v) is 9.16. The predicted molar refractivity (Wildman–Crippen MR) is 95.4 cm³/mol. The number of nitrogens with one attached hydrogen (secondary N) is 2. The van der Waals surface area contributed by atoms with Crippen LogP contribution in [0.3, 0.4) is 0 Å². The number of carbonyl (C=O) groups excluding carboxylic acids is 3. The molecule has 27 heavy (non-hydrogen) atoms. The van der Waals surface area contributed by atoms with Gasteiger partial charge in [0, 0.05) is 11.6 Å². The van der Waals surface area contributed by atoms with E-state index in [1.807, 2.05) is 0 Å². The van der Waals surface area contributed by atoms with Crippen LogP contribution >= 0.6 is 0 Å². The van der Waals surface area contributed by atoms with E-state index in [1.54, 1.807) is 18.2 Å². The molecule has 0 bridgehead atoms. The Kier molecular flexibility index (Phi) is 6.16. The van der Waals surface area contributed by atoms with Gasteiger partial charge in [0.05, 0.1) is 0 Å². The van der Waals surface area contributed by atoms with Gasteiger partial charge < -0.3 is 24.8 Å². The van der Waals surface area contributed by atoms with Crippen LogP contribution < -0.4 is 20.1 Å². The summed E-state index contributed by atoms with van der Waals surface area (Å²) in [6.45, 7) is 1.57. The van der Waals surface area contributed by atoms with Crippen molar-refractivity contribution in [3.05, 3.63) is 23.8 Å². The zero-order chi connectivity index (χ0) is 19.2. The summed E-state index contributed by atoms with van der Waals surface area (Å²) in [6, 6.07) is 4.89. The molecule has 1 aliphatic heterocycles. The third-order valence-electron chi connectivity index (χ3n) is 4.85. The van der Waals surface area contributed by atoms with Crippen molar-refractivity contribution in [3.63, 3.8) is 0 Å². The van der Waals surface area contributed by atoms with Crippen molar-refractivity contribution in [2.75, 3.05) is 19.9 Å². The molecule has 2 aliphatic rings.